The first-order valence-electron chi connectivity index (χ1n) is 7.74. The molecule has 1 heterocycles. The lowest BCUT2D eigenvalue weighted by Crippen LogP contribution is -2.36. The second-order valence-corrected chi connectivity index (χ2v) is 6.29. The van der Waals surface area contributed by atoms with Gasteiger partial charge in [-0.3, -0.25) is 4.79 Å². The van der Waals surface area contributed by atoms with Crippen LogP contribution in [0.3, 0.4) is 0 Å². The highest BCUT2D eigenvalue weighted by atomic mass is 35.5. The van der Waals surface area contributed by atoms with Gasteiger partial charge >= 0.3 is 0 Å². The first-order chi connectivity index (χ1) is 11.6. The molecule has 2 aromatic carbocycles. The van der Waals surface area contributed by atoms with E-state index in [0.717, 1.165) is 32.0 Å². The third-order valence-corrected chi connectivity index (χ3v) is 4.59. The van der Waals surface area contributed by atoms with Gasteiger partial charge in [-0.25, -0.2) is 0 Å². The molecule has 0 amide bonds. The Morgan fingerprint density at radius 3 is 2.25 bits per heavy atom. The molecule has 2 aromatic rings. The number of allylic oxidation sites excluding steroid dienone is 1. The van der Waals surface area contributed by atoms with Crippen LogP contribution in [0.4, 0.5) is 5.69 Å². The van der Waals surface area contributed by atoms with Crippen molar-refractivity contribution in [3.8, 4) is 0 Å². The minimum absolute atomic E-state index is 0.0838. The number of rotatable bonds is 4. The van der Waals surface area contributed by atoms with E-state index in [9.17, 15) is 4.79 Å². The van der Waals surface area contributed by atoms with Gasteiger partial charge in [0.25, 0.3) is 0 Å². The maximum atomic E-state index is 12.3. The highest BCUT2D eigenvalue weighted by molar-refractivity contribution is 6.37. The monoisotopic (exact) mass is 361 g/mol. The van der Waals surface area contributed by atoms with Gasteiger partial charge in [-0.1, -0.05) is 29.3 Å². The molecule has 0 N–H and O–H groups in total. The summed E-state index contributed by atoms with van der Waals surface area (Å²) in [6.07, 6.45) is 3.15. The molecule has 24 heavy (non-hydrogen) atoms. The SMILES string of the molecule is O=C(C=Cc1c(Cl)cccc1Cl)c1ccc(N2CCOCC2)cc1. The van der Waals surface area contributed by atoms with Crippen molar-refractivity contribution in [2.45, 2.75) is 0 Å². The zero-order chi connectivity index (χ0) is 16.9. The number of morpholine rings is 1. The lowest BCUT2D eigenvalue weighted by Gasteiger charge is -2.28. The summed E-state index contributed by atoms with van der Waals surface area (Å²) in [5, 5.41) is 1.04. The lowest BCUT2D eigenvalue weighted by atomic mass is 10.1. The van der Waals surface area contributed by atoms with Crippen molar-refractivity contribution in [1.29, 1.82) is 0 Å². The van der Waals surface area contributed by atoms with Crippen LogP contribution in [0.2, 0.25) is 10.0 Å². The maximum Gasteiger partial charge on any atom is 0.185 e. The number of ketones is 1. The van der Waals surface area contributed by atoms with Crippen LogP contribution in [0.5, 0.6) is 0 Å². The third kappa shape index (κ3) is 3.99. The summed E-state index contributed by atoms with van der Waals surface area (Å²) in [7, 11) is 0. The summed E-state index contributed by atoms with van der Waals surface area (Å²) in [4.78, 5) is 14.6. The fourth-order valence-corrected chi connectivity index (χ4v) is 3.11. The summed E-state index contributed by atoms with van der Waals surface area (Å²) in [5.74, 6) is -0.0838. The Hall–Kier alpha value is -1.81. The molecule has 1 aliphatic rings. The van der Waals surface area contributed by atoms with Crippen LogP contribution >= 0.6 is 23.2 Å². The Kier molecular flexibility index (Phi) is 5.56. The van der Waals surface area contributed by atoms with Crippen LogP contribution in [0, 0.1) is 0 Å². The van der Waals surface area contributed by atoms with Crippen molar-refractivity contribution in [1.82, 2.24) is 0 Å². The quantitative estimate of drug-likeness (QED) is 0.582. The number of anilines is 1. The summed E-state index contributed by atoms with van der Waals surface area (Å²) >= 11 is 12.2. The van der Waals surface area contributed by atoms with Gasteiger partial charge in [-0.05, 0) is 48.6 Å². The Morgan fingerprint density at radius 2 is 1.62 bits per heavy atom. The van der Waals surface area contributed by atoms with E-state index in [1.807, 2.05) is 24.3 Å². The zero-order valence-corrected chi connectivity index (χ0v) is 14.6. The van der Waals surface area contributed by atoms with Gasteiger partial charge in [0.05, 0.1) is 13.2 Å². The van der Waals surface area contributed by atoms with Gasteiger partial charge in [0.15, 0.2) is 5.78 Å². The molecule has 0 bridgehead atoms. The number of nitrogens with zero attached hydrogens (tertiary/aromatic N) is 1. The van der Waals surface area contributed by atoms with Crippen molar-refractivity contribution in [3.05, 3.63) is 69.7 Å². The zero-order valence-electron chi connectivity index (χ0n) is 13.0. The van der Waals surface area contributed by atoms with Gasteiger partial charge in [-0.15, -0.1) is 0 Å². The van der Waals surface area contributed by atoms with E-state index in [-0.39, 0.29) is 5.78 Å². The van der Waals surface area contributed by atoms with Crippen LogP contribution < -0.4 is 4.90 Å². The largest absolute Gasteiger partial charge is 0.378 e. The Balaban J connectivity index is 1.72. The molecule has 1 aliphatic heterocycles. The number of halogens is 2. The van der Waals surface area contributed by atoms with Gasteiger partial charge in [-0.2, -0.15) is 0 Å². The molecule has 3 nitrogen and oxygen atoms in total. The first kappa shape index (κ1) is 17.0. The van der Waals surface area contributed by atoms with E-state index in [1.165, 1.54) is 6.08 Å². The van der Waals surface area contributed by atoms with E-state index < -0.39 is 0 Å². The topological polar surface area (TPSA) is 29.5 Å². The van der Waals surface area contributed by atoms with Gasteiger partial charge in [0, 0.05) is 39.9 Å². The number of benzene rings is 2. The van der Waals surface area contributed by atoms with Crippen LogP contribution in [-0.4, -0.2) is 32.1 Å². The first-order valence-corrected chi connectivity index (χ1v) is 8.50. The van der Waals surface area contributed by atoms with Gasteiger partial charge in [0.2, 0.25) is 0 Å². The molecule has 0 saturated carbocycles. The van der Waals surface area contributed by atoms with Gasteiger partial charge in [0.1, 0.15) is 0 Å². The van der Waals surface area contributed by atoms with Gasteiger partial charge < -0.3 is 9.64 Å². The average molecular weight is 362 g/mol. The van der Waals surface area contributed by atoms with Crippen LogP contribution in [0.1, 0.15) is 15.9 Å². The second kappa shape index (κ2) is 7.84. The number of hydrogen-bond donors (Lipinski definition) is 0. The summed E-state index contributed by atoms with van der Waals surface area (Å²) in [6, 6.07) is 12.9. The highest BCUT2D eigenvalue weighted by Crippen LogP contribution is 2.25. The predicted molar refractivity (Wildman–Crippen MR) is 99.3 cm³/mol. The Labute approximate surface area is 151 Å². The summed E-state index contributed by atoms with van der Waals surface area (Å²) in [6.45, 7) is 3.22. The van der Waals surface area contributed by atoms with Crippen LogP contribution in [0.15, 0.2) is 48.5 Å². The minimum atomic E-state index is -0.0838. The van der Waals surface area contributed by atoms with Crippen molar-refractivity contribution in [2.75, 3.05) is 31.2 Å². The minimum Gasteiger partial charge on any atom is -0.378 e. The second-order valence-electron chi connectivity index (χ2n) is 5.48. The number of ether oxygens (including phenoxy) is 1. The molecule has 0 spiro atoms. The van der Waals surface area contributed by atoms with E-state index in [1.54, 1.807) is 24.3 Å². The van der Waals surface area contributed by atoms with E-state index in [4.69, 9.17) is 27.9 Å². The predicted octanol–water partition coefficient (Wildman–Crippen LogP) is 4.73. The average Bonchev–Trinajstić information content (AvgIpc) is 2.62. The van der Waals surface area contributed by atoms with E-state index >= 15 is 0 Å². The smallest absolute Gasteiger partial charge is 0.185 e. The molecule has 0 atom stereocenters. The normalized spacial score (nSPS) is 15.0. The Morgan fingerprint density at radius 1 is 1.00 bits per heavy atom. The van der Waals surface area contributed by atoms with Crippen LogP contribution in [-0.2, 0) is 4.74 Å². The molecule has 3 rings (SSSR count). The molecule has 0 aromatic heterocycles. The fraction of sp³-hybridized carbons (Fsp3) is 0.211. The summed E-state index contributed by atoms with van der Waals surface area (Å²) < 4.78 is 5.35. The van der Waals surface area contributed by atoms with Crippen molar-refractivity contribution < 1.29 is 9.53 Å². The Bertz CT molecular complexity index is 730. The van der Waals surface area contributed by atoms with Crippen molar-refractivity contribution >= 4 is 40.7 Å². The number of carbonyl (C=O) groups is 1. The molecule has 0 aliphatic carbocycles. The lowest BCUT2D eigenvalue weighted by molar-refractivity contribution is 0.104. The molecular formula is C19H17Cl2NO2. The van der Waals surface area contributed by atoms with Crippen LogP contribution in [0.25, 0.3) is 6.08 Å². The maximum absolute atomic E-state index is 12.3. The molecular weight excluding hydrogens is 345 g/mol. The molecule has 1 fully saturated rings. The van der Waals surface area contributed by atoms with E-state index in [0.29, 0.717) is 21.2 Å². The molecule has 0 radical (unpaired) electrons. The van der Waals surface area contributed by atoms with Crippen molar-refractivity contribution in [2.24, 2.45) is 0 Å². The number of hydrogen-bond acceptors (Lipinski definition) is 3. The molecule has 1 saturated heterocycles. The summed E-state index contributed by atoms with van der Waals surface area (Å²) in [5.41, 5.74) is 2.39. The van der Waals surface area contributed by atoms with Crippen molar-refractivity contribution in [3.63, 3.8) is 0 Å². The molecule has 124 valence electrons. The third-order valence-electron chi connectivity index (χ3n) is 3.93. The molecule has 5 heteroatoms. The standard InChI is InChI=1S/C19H17Cl2NO2/c20-17-2-1-3-18(21)16(17)8-9-19(23)14-4-6-15(7-5-14)22-10-12-24-13-11-22/h1-9H,10-13H2. The fourth-order valence-electron chi connectivity index (χ4n) is 2.58. The number of carbonyl (C=O) groups excluding carboxylic acids is 1. The molecule has 0 unspecified atom stereocenters. The van der Waals surface area contributed by atoms with E-state index in [2.05, 4.69) is 4.90 Å². The highest BCUT2D eigenvalue weighted by Gasteiger charge is 2.11.